The van der Waals surface area contributed by atoms with Crippen LogP contribution in [-0.4, -0.2) is 24.3 Å². The summed E-state index contributed by atoms with van der Waals surface area (Å²) >= 11 is 0. The fraction of sp³-hybridized carbons (Fsp3) is 0.400. The molecule has 0 radical (unpaired) electrons. The van der Waals surface area contributed by atoms with Gasteiger partial charge in [0.2, 0.25) is 17.7 Å². The van der Waals surface area contributed by atoms with Crippen molar-refractivity contribution in [3.05, 3.63) is 23.8 Å². The molecular weight excluding hydrogens is 270 g/mol. The van der Waals surface area contributed by atoms with Gasteiger partial charge in [-0.2, -0.15) is 0 Å². The molecule has 1 atom stereocenters. The molecule has 21 heavy (non-hydrogen) atoms. The summed E-state index contributed by atoms with van der Waals surface area (Å²) in [6, 6.07) is 5.49. The molecule has 0 aliphatic carbocycles. The van der Waals surface area contributed by atoms with Crippen LogP contribution in [0.4, 0.5) is 11.4 Å². The van der Waals surface area contributed by atoms with E-state index in [1.807, 2.05) is 12.1 Å². The maximum Gasteiger partial charge on any atom is 0.229 e. The molecule has 110 valence electrons. The van der Waals surface area contributed by atoms with Crippen molar-refractivity contribution in [2.24, 2.45) is 5.92 Å². The number of carbonyl (C=O) groups is 3. The molecule has 1 unspecified atom stereocenters. The van der Waals surface area contributed by atoms with Crippen LogP contribution in [0, 0.1) is 5.92 Å². The monoisotopic (exact) mass is 287 g/mol. The van der Waals surface area contributed by atoms with Crippen molar-refractivity contribution in [1.82, 2.24) is 5.32 Å². The van der Waals surface area contributed by atoms with Gasteiger partial charge in [0.15, 0.2) is 0 Å². The molecule has 0 aromatic heterocycles. The normalized spacial score (nSPS) is 21.0. The minimum atomic E-state index is -0.182. The smallest absolute Gasteiger partial charge is 0.229 e. The summed E-state index contributed by atoms with van der Waals surface area (Å²) in [5, 5.41) is 8.40. The molecule has 1 aromatic carbocycles. The highest BCUT2D eigenvalue weighted by Gasteiger charge is 2.24. The highest BCUT2D eigenvalue weighted by atomic mass is 16.2. The molecule has 0 bridgehead atoms. The number of benzene rings is 1. The van der Waals surface area contributed by atoms with E-state index in [1.54, 1.807) is 6.07 Å². The first-order valence-electron chi connectivity index (χ1n) is 7.12. The van der Waals surface area contributed by atoms with Gasteiger partial charge in [-0.1, -0.05) is 0 Å². The van der Waals surface area contributed by atoms with Crippen molar-refractivity contribution in [1.29, 1.82) is 0 Å². The summed E-state index contributed by atoms with van der Waals surface area (Å²) in [6.07, 6.45) is 2.14. The predicted octanol–water partition coefficient (Wildman–Crippen LogP) is 1.04. The van der Waals surface area contributed by atoms with Gasteiger partial charge in [-0.15, -0.1) is 0 Å². The largest absolute Gasteiger partial charge is 0.355 e. The highest BCUT2D eigenvalue weighted by Crippen LogP contribution is 2.26. The lowest BCUT2D eigenvalue weighted by atomic mass is 9.98. The Morgan fingerprint density at radius 3 is 2.76 bits per heavy atom. The molecule has 1 aromatic rings. The summed E-state index contributed by atoms with van der Waals surface area (Å²) in [6.45, 7) is 0.395. The lowest BCUT2D eigenvalue weighted by molar-refractivity contribution is -0.126. The number of aryl methyl sites for hydroxylation is 1. The Labute approximate surface area is 122 Å². The second-order valence-corrected chi connectivity index (χ2v) is 5.45. The maximum atomic E-state index is 12.2. The maximum absolute atomic E-state index is 12.2. The topological polar surface area (TPSA) is 87.3 Å². The zero-order chi connectivity index (χ0) is 14.8. The van der Waals surface area contributed by atoms with E-state index in [0.29, 0.717) is 32.2 Å². The van der Waals surface area contributed by atoms with Gasteiger partial charge in [0.05, 0.1) is 5.92 Å². The van der Waals surface area contributed by atoms with Crippen LogP contribution in [0.15, 0.2) is 18.2 Å². The predicted molar refractivity (Wildman–Crippen MR) is 77.8 cm³/mol. The van der Waals surface area contributed by atoms with E-state index in [4.69, 9.17) is 0 Å². The quantitative estimate of drug-likeness (QED) is 0.759. The lowest BCUT2D eigenvalue weighted by Crippen LogP contribution is -2.40. The number of amides is 3. The van der Waals surface area contributed by atoms with Gasteiger partial charge < -0.3 is 16.0 Å². The van der Waals surface area contributed by atoms with Crippen LogP contribution in [0.3, 0.4) is 0 Å². The van der Waals surface area contributed by atoms with Crippen LogP contribution >= 0.6 is 0 Å². The summed E-state index contributed by atoms with van der Waals surface area (Å²) in [7, 11) is 0. The van der Waals surface area contributed by atoms with E-state index >= 15 is 0 Å². The number of hydrogen-bond donors (Lipinski definition) is 3. The van der Waals surface area contributed by atoms with Crippen LogP contribution < -0.4 is 16.0 Å². The number of hydrogen-bond acceptors (Lipinski definition) is 3. The molecule has 3 N–H and O–H groups in total. The number of rotatable bonds is 2. The van der Waals surface area contributed by atoms with Crippen molar-refractivity contribution >= 4 is 29.1 Å². The van der Waals surface area contributed by atoms with E-state index in [2.05, 4.69) is 16.0 Å². The van der Waals surface area contributed by atoms with E-state index < -0.39 is 0 Å². The van der Waals surface area contributed by atoms with E-state index in [9.17, 15) is 14.4 Å². The number of carbonyl (C=O) groups excluding carboxylic acids is 3. The van der Waals surface area contributed by atoms with Gasteiger partial charge in [0.1, 0.15) is 0 Å². The molecule has 3 amide bonds. The Morgan fingerprint density at radius 2 is 2.00 bits per heavy atom. The van der Waals surface area contributed by atoms with E-state index in [1.165, 1.54) is 0 Å². The number of fused-ring (bicyclic) bond motifs is 1. The van der Waals surface area contributed by atoms with Crippen molar-refractivity contribution < 1.29 is 14.4 Å². The third kappa shape index (κ3) is 3.04. The van der Waals surface area contributed by atoms with Crippen molar-refractivity contribution in [2.45, 2.75) is 25.7 Å². The van der Waals surface area contributed by atoms with Crippen LogP contribution in [0.25, 0.3) is 0 Å². The molecule has 2 heterocycles. The zero-order valence-electron chi connectivity index (χ0n) is 11.6. The standard InChI is InChI=1S/C15H17N3O3/c19-13-5-2-10(8-16-13)15(21)17-11-3-4-12-9(7-11)1-6-14(20)18-12/h3-4,7,10H,1-2,5-6,8H2,(H,16,19)(H,17,21)(H,18,20). The molecule has 6 heteroatoms. The SMILES string of the molecule is O=C1CCC(C(=O)Nc2ccc3c(c2)CCC(=O)N3)CN1. The van der Waals surface area contributed by atoms with Gasteiger partial charge in [-0.3, -0.25) is 14.4 Å². The molecule has 1 fully saturated rings. The third-order valence-electron chi connectivity index (χ3n) is 3.90. The molecule has 3 rings (SSSR count). The first-order chi connectivity index (χ1) is 10.1. The Kier molecular flexibility index (Phi) is 3.60. The summed E-state index contributed by atoms with van der Waals surface area (Å²) in [4.78, 5) is 34.6. The summed E-state index contributed by atoms with van der Waals surface area (Å²) < 4.78 is 0. The van der Waals surface area contributed by atoms with Crippen LogP contribution in [-0.2, 0) is 20.8 Å². The second-order valence-electron chi connectivity index (χ2n) is 5.45. The molecule has 2 aliphatic rings. The molecule has 6 nitrogen and oxygen atoms in total. The molecule has 1 saturated heterocycles. The van der Waals surface area contributed by atoms with Crippen molar-refractivity contribution in [3.63, 3.8) is 0 Å². The van der Waals surface area contributed by atoms with Crippen LogP contribution in [0.2, 0.25) is 0 Å². The number of anilines is 2. The van der Waals surface area contributed by atoms with E-state index in [0.717, 1.165) is 16.9 Å². The molecule has 0 saturated carbocycles. The molecule has 2 aliphatic heterocycles. The Balaban J connectivity index is 1.66. The zero-order valence-corrected chi connectivity index (χ0v) is 11.6. The fourth-order valence-electron chi connectivity index (χ4n) is 2.66. The van der Waals surface area contributed by atoms with Crippen LogP contribution in [0.5, 0.6) is 0 Å². The Bertz CT molecular complexity index is 602. The van der Waals surface area contributed by atoms with Gasteiger partial charge >= 0.3 is 0 Å². The van der Waals surface area contributed by atoms with Crippen LogP contribution in [0.1, 0.15) is 24.8 Å². The first kappa shape index (κ1) is 13.6. The summed E-state index contributed by atoms with van der Waals surface area (Å²) in [5.41, 5.74) is 2.57. The number of piperidine rings is 1. The third-order valence-corrected chi connectivity index (χ3v) is 3.90. The number of nitrogens with one attached hydrogen (secondary N) is 3. The second kappa shape index (κ2) is 5.55. The van der Waals surface area contributed by atoms with Gasteiger partial charge in [0, 0.05) is 30.8 Å². The minimum absolute atomic E-state index is 0.00331. The van der Waals surface area contributed by atoms with Crippen molar-refractivity contribution in [3.8, 4) is 0 Å². The van der Waals surface area contributed by atoms with Gasteiger partial charge in [-0.25, -0.2) is 0 Å². The molecular formula is C15H17N3O3. The van der Waals surface area contributed by atoms with Gasteiger partial charge in [-0.05, 0) is 36.6 Å². The average molecular weight is 287 g/mol. The fourth-order valence-corrected chi connectivity index (χ4v) is 2.66. The molecule has 0 spiro atoms. The highest BCUT2D eigenvalue weighted by molar-refractivity contribution is 5.96. The average Bonchev–Trinajstić information content (AvgIpc) is 2.48. The lowest BCUT2D eigenvalue weighted by Gasteiger charge is -2.22. The Morgan fingerprint density at radius 1 is 1.14 bits per heavy atom. The minimum Gasteiger partial charge on any atom is -0.355 e. The van der Waals surface area contributed by atoms with E-state index in [-0.39, 0.29) is 23.6 Å². The summed E-state index contributed by atoms with van der Waals surface area (Å²) in [5.74, 6) is -0.228. The first-order valence-corrected chi connectivity index (χ1v) is 7.12. The van der Waals surface area contributed by atoms with Crippen molar-refractivity contribution in [2.75, 3.05) is 17.2 Å². The van der Waals surface area contributed by atoms with Gasteiger partial charge in [0.25, 0.3) is 0 Å². The Hall–Kier alpha value is -2.37.